The first-order valence-corrected chi connectivity index (χ1v) is 6.16. The minimum atomic E-state index is -0.877. The van der Waals surface area contributed by atoms with Crippen LogP contribution in [0.4, 0.5) is 0 Å². The molecule has 0 aromatic carbocycles. The maximum Gasteiger partial charge on any atom is 0.305 e. The summed E-state index contributed by atoms with van der Waals surface area (Å²) in [7, 11) is 0. The standard InChI is InChI=1S/C12H24N2O3/c1-4-14(10(3)8-11(15)16)12(17)9(2)6-5-7-13/h9-10H,4-8,13H2,1-3H3,(H,15,16). The Kier molecular flexibility index (Phi) is 7.54. The Morgan fingerprint density at radius 3 is 2.35 bits per heavy atom. The number of carboxylic acids is 1. The number of amides is 1. The number of nitrogens with zero attached hydrogens (tertiary/aromatic N) is 1. The molecule has 17 heavy (non-hydrogen) atoms. The lowest BCUT2D eigenvalue weighted by Crippen LogP contribution is -2.42. The number of nitrogens with two attached hydrogens (primary N) is 1. The molecule has 2 unspecified atom stereocenters. The van der Waals surface area contributed by atoms with Gasteiger partial charge in [-0.15, -0.1) is 0 Å². The molecule has 0 aliphatic carbocycles. The number of carboxylic acid groups (broad SMARTS) is 1. The smallest absolute Gasteiger partial charge is 0.305 e. The molecule has 0 rings (SSSR count). The molecule has 0 spiro atoms. The zero-order valence-corrected chi connectivity index (χ0v) is 11.0. The van der Waals surface area contributed by atoms with Crippen LogP contribution < -0.4 is 5.73 Å². The van der Waals surface area contributed by atoms with E-state index >= 15 is 0 Å². The van der Waals surface area contributed by atoms with Gasteiger partial charge in [0.1, 0.15) is 0 Å². The van der Waals surface area contributed by atoms with E-state index in [0.29, 0.717) is 13.1 Å². The highest BCUT2D eigenvalue weighted by atomic mass is 16.4. The monoisotopic (exact) mass is 244 g/mol. The Labute approximate surface area is 103 Å². The number of carbonyl (C=O) groups excluding carboxylic acids is 1. The zero-order valence-electron chi connectivity index (χ0n) is 11.0. The van der Waals surface area contributed by atoms with Gasteiger partial charge in [-0.05, 0) is 33.2 Å². The molecule has 3 N–H and O–H groups in total. The van der Waals surface area contributed by atoms with E-state index < -0.39 is 5.97 Å². The SMILES string of the molecule is CCN(C(=O)C(C)CCCN)C(C)CC(=O)O. The van der Waals surface area contributed by atoms with Crippen LogP contribution in [-0.2, 0) is 9.59 Å². The highest BCUT2D eigenvalue weighted by molar-refractivity contribution is 5.79. The number of hydrogen-bond acceptors (Lipinski definition) is 3. The Bertz CT molecular complexity index is 256. The summed E-state index contributed by atoms with van der Waals surface area (Å²) in [4.78, 5) is 24.4. The van der Waals surface area contributed by atoms with Gasteiger partial charge in [-0.3, -0.25) is 9.59 Å². The van der Waals surface area contributed by atoms with Crippen molar-refractivity contribution >= 4 is 11.9 Å². The summed E-state index contributed by atoms with van der Waals surface area (Å²) in [5.41, 5.74) is 5.41. The number of rotatable bonds is 8. The van der Waals surface area contributed by atoms with E-state index in [2.05, 4.69) is 0 Å². The Morgan fingerprint density at radius 1 is 1.35 bits per heavy atom. The van der Waals surface area contributed by atoms with Crippen molar-refractivity contribution in [3.8, 4) is 0 Å². The largest absolute Gasteiger partial charge is 0.481 e. The molecule has 5 nitrogen and oxygen atoms in total. The molecule has 0 aromatic rings. The molecule has 2 atom stereocenters. The van der Waals surface area contributed by atoms with Crippen molar-refractivity contribution in [2.75, 3.05) is 13.1 Å². The first-order chi connectivity index (χ1) is 7.93. The number of aliphatic carboxylic acids is 1. The fraction of sp³-hybridized carbons (Fsp3) is 0.833. The van der Waals surface area contributed by atoms with Crippen LogP contribution in [0.2, 0.25) is 0 Å². The molecule has 0 aliphatic heterocycles. The number of hydrogen-bond donors (Lipinski definition) is 2. The third-order valence-electron chi connectivity index (χ3n) is 2.89. The van der Waals surface area contributed by atoms with Crippen LogP contribution in [-0.4, -0.2) is 41.0 Å². The lowest BCUT2D eigenvalue weighted by atomic mass is 10.0. The van der Waals surface area contributed by atoms with Crippen molar-refractivity contribution in [2.24, 2.45) is 11.7 Å². The van der Waals surface area contributed by atoms with Crippen molar-refractivity contribution in [3.05, 3.63) is 0 Å². The van der Waals surface area contributed by atoms with Gasteiger partial charge in [0.15, 0.2) is 0 Å². The normalized spacial score (nSPS) is 14.1. The summed E-state index contributed by atoms with van der Waals surface area (Å²) in [6, 6.07) is -0.259. The van der Waals surface area contributed by atoms with Gasteiger partial charge < -0.3 is 15.7 Å². The molecule has 0 heterocycles. The Hall–Kier alpha value is -1.10. The van der Waals surface area contributed by atoms with E-state index in [4.69, 9.17) is 10.8 Å². The summed E-state index contributed by atoms with van der Waals surface area (Å²) in [6.45, 7) is 6.62. The lowest BCUT2D eigenvalue weighted by Gasteiger charge is -2.29. The van der Waals surface area contributed by atoms with Crippen molar-refractivity contribution in [1.29, 1.82) is 0 Å². The summed E-state index contributed by atoms with van der Waals surface area (Å²) in [5.74, 6) is -0.942. The van der Waals surface area contributed by atoms with E-state index in [1.54, 1.807) is 11.8 Å². The summed E-state index contributed by atoms with van der Waals surface area (Å²) >= 11 is 0. The summed E-state index contributed by atoms with van der Waals surface area (Å²) < 4.78 is 0. The third-order valence-corrected chi connectivity index (χ3v) is 2.89. The quantitative estimate of drug-likeness (QED) is 0.669. The van der Waals surface area contributed by atoms with Crippen molar-refractivity contribution in [3.63, 3.8) is 0 Å². The third kappa shape index (κ3) is 5.68. The topological polar surface area (TPSA) is 83.6 Å². The maximum absolute atomic E-state index is 12.1. The van der Waals surface area contributed by atoms with Crippen LogP contribution in [0.25, 0.3) is 0 Å². The predicted molar refractivity (Wildman–Crippen MR) is 66.6 cm³/mol. The van der Waals surface area contributed by atoms with Crippen LogP contribution >= 0.6 is 0 Å². The van der Waals surface area contributed by atoms with Gasteiger partial charge in [-0.25, -0.2) is 0 Å². The van der Waals surface area contributed by atoms with Gasteiger partial charge in [-0.1, -0.05) is 6.92 Å². The molecule has 100 valence electrons. The van der Waals surface area contributed by atoms with Gasteiger partial charge in [0.2, 0.25) is 5.91 Å². The van der Waals surface area contributed by atoms with Crippen LogP contribution in [0.1, 0.15) is 40.0 Å². The van der Waals surface area contributed by atoms with Crippen molar-refractivity contribution in [2.45, 2.75) is 46.1 Å². The van der Waals surface area contributed by atoms with Crippen LogP contribution in [0.15, 0.2) is 0 Å². The molecule has 0 bridgehead atoms. The molecule has 0 saturated carbocycles. The predicted octanol–water partition coefficient (Wildman–Crippen LogP) is 1.07. The summed E-state index contributed by atoms with van der Waals surface area (Å²) in [6.07, 6.45) is 1.56. The minimum absolute atomic E-state index is 0.0107. The molecule has 0 fully saturated rings. The van der Waals surface area contributed by atoms with E-state index in [-0.39, 0.29) is 24.3 Å². The molecular weight excluding hydrogens is 220 g/mol. The van der Waals surface area contributed by atoms with Gasteiger partial charge in [0.25, 0.3) is 0 Å². The first kappa shape index (κ1) is 15.9. The van der Waals surface area contributed by atoms with E-state index in [1.807, 2.05) is 13.8 Å². The summed E-state index contributed by atoms with van der Waals surface area (Å²) in [5, 5.41) is 8.74. The number of carbonyl (C=O) groups is 2. The molecule has 0 aromatic heterocycles. The fourth-order valence-corrected chi connectivity index (χ4v) is 1.88. The van der Waals surface area contributed by atoms with Gasteiger partial charge in [-0.2, -0.15) is 0 Å². The van der Waals surface area contributed by atoms with Gasteiger partial charge in [0, 0.05) is 18.5 Å². The fourth-order valence-electron chi connectivity index (χ4n) is 1.88. The molecule has 0 radical (unpaired) electrons. The second-order valence-electron chi connectivity index (χ2n) is 4.40. The first-order valence-electron chi connectivity index (χ1n) is 6.16. The van der Waals surface area contributed by atoms with Crippen molar-refractivity contribution < 1.29 is 14.7 Å². The molecule has 0 aliphatic rings. The second-order valence-corrected chi connectivity index (χ2v) is 4.40. The average molecular weight is 244 g/mol. The highest BCUT2D eigenvalue weighted by Gasteiger charge is 2.24. The maximum atomic E-state index is 12.1. The van der Waals surface area contributed by atoms with Crippen LogP contribution in [0.3, 0.4) is 0 Å². The molecular formula is C12H24N2O3. The lowest BCUT2D eigenvalue weighted by molar-refractivity contribution is -0.141. The van der Waals surface area contributed by atoms with Gasteiger partial charge >= 0.3 is 5.97 Å². The van der Waals surface area contributed by atoms with E-state index in [9.17, 15) is 9.59 Å². The van der Waals surface area contributed by atoms with E-state index in [0.717, 1.165) is 12.8 Å². The molecule has 0 saturated heterocycles. The Morgan fingerprint density at radius 2 is 1.94 bits per heavy atom. The molecule has 1 amide bonds. The average Bonchev–Trinajstić information content (AvgIpc) is 2.25. The Balaban J connectivity index is 4.42. The van der Waals surface area contributed by atoms with Crippen LogP contribution in [0, 0.1) is 5.92 Å². The van der Waals surface area contributed by atoms with Crippen LogP contribution in [0.5, 0.6) is 0 Å². The van der Waals surface area contributed by atoms with E-state index in [1.165, 1.54) is 0 Å². The van der Waals surface area contributed by atoms with Gasteiger partial charge in [0.05, 0.1) is 6.42 Å². The highest BCUT2D eigenvalue weighted by Crippen LogP contribution is 2.13. The van der Waals surface area contributed by atoms with Crippen molar-refractivity contribution in [1.82, 2.24) is 4.90 Å². The zero-order chi connectivity index (χ0) is 13.4. The minimum Gasteiger partial charge on any atom is -0.481 e. The molecule has 5 heteroatoms. The second kappa shape index (κ2) is 8.06.